The molecule has 0 aliphatic heterocycles. The molecule has 0 heterocycles. The molecule has 0 fully saturated rings. The minimum absolute atomic E-state index is 0.0423. The standard InChI is InChI=1S/C19H18O2/c1-15-5-3-6-16(13-15)9-11-18(20)12-10-17-7-4-8-19(14-17)21-2/h3-14H,1-2H3/b11-9+,12-10+. The van der Waals surface area contributed by atoms with Crippen LogP contribution in [0.5, 0.6) is 5.75 Å². The van der Waals surface area contributed by atoms with Crippen LogP contribution in [0.1, 0.15) is 16.7 Å². The number of ketones is 1. The van der Waals surface area contributed by atoms with Crippen LogP contribution in [-0.4, -0.2) is 12.9 Å². The lowest BCUT2D eigenvalue weighted by molar-refractivity contribution is -0.110. The second kappa shape index (κ2) is 7.25. The Bertz CT molecular complexity index is 681. The monoisotopic (exact) mass is 278 g/mol. The molecule has 2 rings (SSSR count). The van der Waals surface area contributed by atoms with Crippen molar-refractivity contribution in [3.8, 4) is 5.75 Å². The molecule has 21 heavy (non-hydrogen) atoms. The molecule has 0 unspecified atom stereocenters. The number of benzene rings is 2. The fraction of sp³-hybridized carbons (Fsp3) is 0.105. The minimum atomic E-state index is -0.0423. The molecule has 0 N–H and O–H groups in total. The van der Waals surface area contributed by atoms with Crippen molar-refractivity contribution in [3.63, 3.8) is 0 Å². The number of carbonyl (C=O) groups is 1. The van der Waals surface area contributed by atoms with Gasteiger partial charge in [0.15, 0.2) is 5.78 Å². The summed E-state index contributed by atoms with van der Waals surface area (Å²) in [6.07, 6.45) is 6.74. The minimum Gasteiger partial charge on any atom is -0.497 e. The van der Waals surface area contributed by atoms with Gasteiger partial charge in [0.1, 0.15) is 5.75 Å². The summed E-state index contributed by atoms with van der Waals surface area (Å²) in [4.78, 5) is 11.8. The van der Waals surface area contributed by atoms with Crippen LogP contribution in [0.25, 0.3) is 12.2 Å². The maximum atomic E-state index is 11.8. The van der Waals surface area contributed by atoms with E-state index < -0.39 is 0 Å². The number of ether oxygens (including phenoxy) is 1. The second-order valence-corrected chi connectivity index (χ2v) is 4.76. The second-order valence-electron chi connectivity index (χ2n) is 4.76. The van der Waals surface area contributed by atoms with Crippen LogP contribution in [0.3, 0.4) is 0 Å². The molecule has 0 aliphatic rings. The Labute approximate surface area is 125 Å². The summed E-state index contributed by atoms with van der Waals surface area (Å²) in [7, 11) is 1.62. The van der Waals surface area contributed by atoms with Gasteiger partial charge in [-0.1, -0.05) is 54.1 Å². The highest BCUT2D eigenvalue weighted by Crippen LogP contribution is 2.13. The molecule has 0 radical (unpaired) electrons. The van der Waals surface area contributed by atoms with Gasteiger partial charge in [-0.05, 0) is 42.3 Å². The van der Waals surface area contributed by atoms with E-state index in [0.29, 0.717) is 0 Å². The Morgan fingerprint density at radius 2 is 1.57 bits per heavy atom. The smallest absolute Gasteiger partial charge is 0.178 e. The molecule has 0 saturated heterocycles. The highest BCUT2D eigenvalue weighted by atomic mass is 16.5. The first kappa shape index (κ1) is 14.8. The summed E-state index contributed by atoms with van der Waals surface area (Å²) < 4.78 is 5.15. The third-order valence-corrected chi connectivity index (χ3v) is 3.02. The quantitative estimate of drug-likeness (QED) is 0.762. The van der Waals surface area contributed by atoms with Gasteiger partial charge in [0, 0.05) is 0 Å². The summed E-state index contributed by atoms with van der Waals surface area (Å²) in [6, 6.07) is 15.6. The molecule has 0 atom stereocenters. The lowest BCUT2D eigenvalue weighted by atomic mass is 10.1. The van der Waals surface area contributed by atoms with Crippen LogP contribution in [0.15, 0.2) is 60.7 Å². The van der Waals surface area contributed by atoms with E-state index in [1.807, 2.05) is 61.5 Å². The Morgan fingerprint density at radius 3 is 2.19 bits per heavy atom. The third-order valence-electron chi connectivity index (χ3n) is 3.02. The molecular weight excluding hydrogens is 260 g/mol. The Balaban J connectivity index is 2.02. The summed E-state index contributed by atoms with van der Waals surface area (Å²) in [5.41, 5.74) is 3.14. The predicted molar refractivity (Wildman–Crippen MR) is 87.2 cm³/mol. The van der Waals surface area contributed by atoms with Gasteiger partial charge < -0.3 is 4.74 Å². The average Bonchev–Trinajstić information content (AvgIpc) is 2.51. The first-order valence-electron chi connectivity index (χ1n) is 6.78. The number of aryl methyl sites for hydroxylation is 1. The highest BCUT2D eigenvalue weighted by Gasteiger charge is 1.94. The number of hydrogen-bond acceptors (Lipinski definition) is 2. The summed E-state index contributed by atoms with van der Waals surface area (Å²) in [6.45, 7) is 2.03. The Morgan fingerprint density at radius 1 is 0.952 bits per heavy atom. The molecule has 0 aliphatic carbocycles. The first-order valence-corrected chi connectivity index (χ1v) is 6.78. The van der Waals surface area contributed by atoms with Crippen molar-refractivity contribution >= 4 is 17.9 Å². The fourth-order valence-electron chi connectivity index (χ4n) is 1.93. The van der Waals surface area contributed by atoms with Crippen LogP contribution in [-0.2, 0) is 4.79 Å². The summed E-state index contributed by atoms with van der Waals surface area (Å²) >= 11 is 0. The van der Waals surface area contributed by atoms with Gasteiger partial charge in [0.25, 0.3) is 0 Å². The van der Waals surface area contributed by atoms with Crippen molar-refractivity contribution in [3.05, 3.63) is 77.4 Å². The molecule has 0 aromatic heterocycles. The van der Waals surface area contributed by atoms with E-state index in [9.17, 15) is 4.79 Å². The Hall–Kier alpha value is -2.61. The van der Waals surface area contributed by atoms with E-state index in [0.717, 1.165) is 16.9 Å². The SMILES string of the molecule is COc1cccc(/C=C/C(=O)/C=C/c2cccc(C)c2)c1. The largest absolute Gasteiger partial charge is 0.497 e. The number of allylic oxidation sites excluding steroid dienone is 2. The summed E-state index contributed by atoms with van der Waals surface area (Å²) in [5.74, 6) is 0.735. The van der Waals surface area contributed by atoms with E-state index in [-0.39, 0.29) is 5.78 Å². The van der Waals surface area contributed by atoms with Crippen molar-refractivity contribution in [1.29, 1.82) is 0 Å². The van der Waals surface area contributed by atoms with Gasteiger partial charge in [-0.3, -0.25) is 4.79 Å². The average molecular weight is 278 g/mol. The summed E-state index contributed by atoms with van der Waals surface area (Å²) in [5, 5.41) is 0. The van der Waals surface area contributed by atoms with E-state index in [4.69, 9.17) is 4.74 Å². The Kier molecular flexibility index (Phi) is 5.10. The van der Waals surface area contributed by atoms with Gasteiger partial charge in [0.05, 0.1) is 7.11 Å². The van der Waals surface area contributed by atoms with Gasteiger partial charge in [-0.25, -0.2) is 0 Å². The van der Waals surface area contributed by atoms with E-state index in [2.05, 4.69) is 0 Å². The number of rotatable bonds is 5. The molecule has 2 heteroatoms. The number of methoxy groups -OCH3 is 1. The van der Waals surface area contributed by atoms with E-state index in [1.54, 1.807) is 25.3 Å². The van der Waals surface area contributed by atoms with E-state index >= 15 is 0 Å². The fourth-order valence-corrected chi connectivity index (χ4v) is 1.93. The van der Waals surface area contributed by atoms with Crippen molar-refractivity contribution in [2.45, 2.75) is 6.92 Å². The third kappa shape index (κ3) is 4.77. The van der Waals surface area contributed by atoms with Gasteiger partial charge >= 0.3 is 0 Å². The van der Waals surface area contributed by atoms with Crippen molar-refractivity contribution in [2.24, 2.45) is 0 Å². The molecule has 2 nitrogen and oxygen atoms in total. The first-order chi connectivity index (χ1) is 10.2. The number of hydrogen-bond donors (Lipinski definition) is 0. The molecule has 0 saturated carbocycles. The molecule has 0 amide bonds. The predicted octanol–water partition coefficient (Wildman–Crippen LogP) is 4.30. The normalized spacial score (nSPS) is 11.1. The van der Waals surface area contributed by atoms with Crippen LogP contribution < -0.4 is 4.74 Å². The van der Waals surface area contributed by atoms with Crippen molar-refractivity contribution in [1.82, 2.24) is 0 Å². The highest BCUT2D eigenvalue weighted by molar-refractivity contribution is 6.04. The maximum Gasteiger partial charge on any atom is 0.178 e. The number of carbonyl (C=O) groups excluding carboxylic acids is 1. The van der Waals surface area contributed by atoms with Gasteiger partial charge in [0.2, 0.25) is 0 Å². The molecule has 2 aromatic carbocycles. The van der Waals surface area contributed by atoms with E-state index in [1.165, 1.54) is 5.56 Å². The van der Waals surface area contributed by atoms with Crippen molar-refractivity contribution < 1.29 is 9.53 Å². The molecule has 0 spiro atoms. The molecule has 2 aromatic rings. The lowest BCUT2D eigenvalue weighted by Crippen LogP contribution is -1.86. The van der Waals surface area contributed by atoms with Gasteiger partial charge in [-0.2, -0.15) is 0 Å². The van der Waals surface area contributed by atoms with Crippen molar-refractivity contribution in [2.75, 3.05) is 7.11 Å². The van der Waals surface area contributed by atoms with Crippen LogP contribution >= 0.6 is 0 Å². The zero-order valence-electron chi connectivity index (χ0n) is 12.2. The van der Waals surface area contributed by atoms with Crippen LogP contribution in [0.2, 0.25) is 0 Å². The van der Waals surface area contributed by atoms with Crippen LogP contribution in [0, 0.1) is 6.92 Å². The zero-order chi connectivity index (χ0) is 15.1. The molecule has 0 bridgehead atoms. The van der Waals surface area contributed by atoms with Gasteiger partial charge in [-0.15, -0.1) is 0 Å². The lowest BCUT2D eigenvalue weighted by Gasteiger charge is -1.99. The van der Waals surface area contributed by atoms with Crippen LogP contribution in [0.4, 0.5) is 0 Å². The molecular formula is C19H18O2. The zero-order valence-corrected chi connectivity index (χ0v) is 12.2. The molecule has 106 valence electrons. The topological polar surface area (TPSA) is 26.3 Å². The maximum absolute atomic E-state index is 11.8.